The molecule has 0 aliphatic heterocycles. The minimum absolute atomic E-state index is 0.00424. The highest BCUT2D eigenvalue weighted by Crippen LogP contribution is 2.19. The van der Waals surface area contributed by atoms with Crippen molar-refractivity contribution in [2.75, 3.05) is 13.2 Å². The molecule has 16 nitrogen and oxygen atoms in total. The summed E-state index contributed by atoms with van der Waals surface area (Å²) in [5, 5.41) is 26.7. The smallest absolute Gasteiger partial charge is 0.326 e. The average Bonchev–Trinajstić information content (AvgIpc) is 3.31. The lowest BCUT2D eigenvalue weighted by atomic mass is 10.0. The van der Waals surface area contributed by atoms with Gasteiger partial charge in [0.15, 0.2) is 5.96 Å². The number of carboxylic acids is 1. The molecule has 4 amide bonds. The van der Waals surface area contributed by atoms with Crippen LogP contribution in [0.4, 0.5) is 0 Å². The molecule has 1 aromatic heterocycles. The number of aromatic nitrogens is 1. The van der Waals surface area contributed by atoms with Crippen molar-refractivity contribution < 1.29 is 34.2 Å². The first-order valence-electron chi connectivity index (χ1n) is 12.3. The molecule has 1 aromatic carbocycles. The minimum Gasteiger partial charge on any atom is -0.480 e. The van der Waals surface area contributed by atoms with E-state index in [0.29, 0.717) is 5.56 Å². The van der Waals surface area contributed by atoms with Crippen molar-refractivity contribution >= 4 is 46.5 Å². The third-order valence-electron chi connectivity index (χ3n) is 5.86. The Morgan fingerprint density at radius 2 is 1.55 bits per heavy atom. The summed E-state index contributed by atoms with van der Waals surface area (Å²) in [4.78, 5) is 68.8. The van der Waals surface area contributed by atoms with Gasteiger partial charge in [-0.25, -0.2) is 4.79 Å². The number of aliphatic hydroxyl groups is 1. The molecule has 0 saturated heterocycles. The molecule has 1 heterocycles. The van der Waals surface area contributed by atoms with Crippen LogP contribution in [0.2, 0.25) is 0 Å². The lowest BCUT2D eigenvalue weighted by molar-refractivity contribution is -0.142. The molecule has 2 aromatic rings. The molecule has 4 atom stereocenters. The second kappa shape index (κ2) is 15.0. The Morgan fingerprint density at radius 3 is 2.17 bits per heavy atom. The number of amides is 4. The Morgan fingerprint density at radius 1 is 0.925 bits per heavy atom. The number of nitrogens with one attached hydrogen (secondary N) is 4. The van der Waals surface area contributed by atoms with E-state index < -0.39 is 66.8 Å². The molecule has 0 radical (unpaired) electrons. The Labute approximate surface area is 228 Å². The van der Waals surface area contributed by atoms with E-state index >= 15 is 0 Å². The second-order valence-electron chi connectivity index (χ2n) is 8.99. The first-order chi connectivity index (χ1) is 18.9. The van der Waals surface area contributed by atoms with Gasteiger partial charge in [-0.05, 0) is 24.5 Å². The number of aliphatic hydroxyl groups excluding tert-OH is 1. The number of nitrogens with zero attached hydrogens (tertiary/aromatic N) is 1. The number of carboxylic acid groups (broad SMARTS) is 1. The van der Waals surface area contributed by atoms with Crippen LogP contribution in [-0.4, -0.2) is 88.1 Å². The number of rotatable bonds is 16. The summed E-state index contributed by atoms with van der Waals surface area (Å²) >= 11 is 0. The number of guanidine groups is 1. The fourth-order valence-corrected chi connectivity index (χ4v) is 3.81. The number of primary amides is 1. The van der Waals surface area contributed by atoms with Crippen molar-refractivity contribution in [2.24, 2.45) is 27.9 Å². The summed E-state index contributed by atoms with van der Waals surface area (Å²) in [7, 11) is 0. The second-order valence-corrected chi connectivity index (χ2v) is 8.99. The first-order valence-corrected chi connectivity index (χ1v) is 12.3. The van der Waals surface area contributed by atoms with Crippen LogP contribution in [0.25, 0.3) is 10.9 Å². The highest BCUT2D eigenvalue weighted by atomic mass is 16.4. The van der Waals surface area contributed by atoms with Gasteiger partial charge in [-0.3, -0.25) is 24.2 Å². The maximum atomic E-state index is 13.1. The number of hydrogen-bond donors (Lipinski definition) is 10. The molecular formula is C24H35N9O7. The lowest BCUT2D eigenvalue weighted by Crippen LogP contribution is -2.58. The van der Waals surface area contributed by atoms with Crippen LogP contribution in [0.3, 0.4) is 0 Å². The van der Waals surface area contributed by atoms with E-state index in [9.17, 15) is 29.1 Å². The number of H-pyrrole nitrogens is 1. The normalized spacial score (nSPS) is 13.8. The first kappa shape index (κ1) is 31.5. The summed E-state index contributed by atoms with van der Waals surface area (Å²) in [5.41, 5.74) is 22.8. The van der Waals surface area contributed by atoms with Gasteiger partial charge < -0.3 is 54.1 Å². The molecule has 14 N–H and O–H groups in total. The van der Waals surface area contributed by atoms with Crippen molar-refractivity contribution in [3.63, 3.8) is 0 Å². The molecule has 4 unspecified atom stereocenters. The summed E-state index contributed by atoms with van der Waals surface area (Å²) in [6.07, 6.45) is 1.10. The van der Waals surface area contributed by atoms with Crippen LogP contribution in [0, 0.1) is 0 Å². The zero-order valence-corrected chi connectivity index (χ0v) is 21.6. The van der Waals surface area contributed by atoms with Gasteiger partial charge in [-0.2, -0.15) is 0 Å². The number of benzene rings is 1. The molecule has 2 rings (SSSR count). The molecule has 16 heteroatoms. The van der Waals surface area contributed by atoms with Crippen LogP contribution in [0.15, 0.2) is 35.5 Å². The van der Waals surface area contributed by atoms with Gasteiger partial charge in [0.05, 0.1) is 13.0 Å². The number of aliphatic carboxylic acids is 1. The van der Waals surface area contributed by atoms with Crippen molar-refractivity contribution in [3.05, 3.63) is 36.0 Å². The Kier molecular flexibility index (Phi) is 11.8. The maximum absolute atomic E-state index is 13.1. The summed E-state index contributed by atoms with van der Waals surface area (Å²) in [5.74, 6) is -5.16. The summed E-state index contributed by atoms with van der Waals surface area (Å²) < 4.78 is 0. The van der Waals surface area contributed by atoms with E-state index in [2.05, 4.69) is 25.9 Å². The molecule has 0 saturated carbocycles. The lowest BCUT2D eigenvalue weighted by Gasteiger charge is -2.24. The standard InChI is InChI=1S/C24H35N9O7/c25-14(11-34)20(36)31-16(6-3-7-29-24(27)28)21(37)32-17(9-19(26)35)22(38)33-18(23(39)40)8-12-10-30-15-5-2-1-4-13(12)15/h1-2,4-5,10,14,16-18,30,34H,3,6-9,11,25H2,(H2,26,35)(H,31,36)(H,32,37)(H,33,38)(H,39,40)(H4,27,28,29). The monoisotopic (exact) mass is 561 g/mol. The maximum Gasteiger partial charge on any atom is 0.326 e. The highest BCUT2D eigenvalue weighted by molar-refractivity contribution is 5.96. The summed E-state index contributed by atoms with van der Waals surface area (Å²) in [6, 6.07) is 1.66. The molecule has 0 aliphatic carbocycles. The van der Waals surface area contributed by atoms with Gasteiger partial charge in [0.25, 0.3) is 0 Å². The zero-order chi connectivity index (χ0) is 29.8. The molecule has 0 aliphatic rings. The minimum atomic E-state index is -1.56. The van der Waals surface area contributed by atoms with Gasteiger partial charge in [-0.1, -0.05) is 18.2 Å². The van der Waals surface area contributed by atoms with Crippen molar-refractivity contribution in [3.8, 4) is 0 Å². The van der Waals surface area contributed by atoms with E-state index in [1.807, 2.05) is 12.1 Å². The van der Waals surface area contributed by atoms with Gasteiger partial charge in [0.1, 0.15) is 24.2 Å². The van der Waals surface area contributed by atoms with Crippen LogP contribution in [-0.2, 0) is 30.4 Å². The summed E-state index contributed by atoms with van der Waals surface area (Å²) in [6.45, 7) is -0.568. The fraction of sp³-hybridized carbons (Fsp3) is 0.417. The number of carbonyl (C=O) groups is 5. The fourth-order valence-electron chi connectivity index (χ4n) is 3.81. The Bertz CT molecular complexity index is 1240. The third-order valence-corrected chi connectivity index (χ3v) is 5.86. The number of para-hydroxylation sites is 1. The van der Waals surface area contributed by atoms with Gasteiger partial charge in [0.2, 0.25) is 23.6 Å². The average molecular weight is 562 g/mol. The predicted molar refractivity (Wildman–Crippen MR) is 144 cm³/mol. The zero-order valence-electron chi connectivity index (χ0n) is 21.6. The van der Waals surface area contributed by atoms with Crippen molar-refractivity contribution in [1.82, 2.24) is 20.9 Å². The molecule has 0 bridgehead atoms. The molecular weight excluding hydrogens is 526 g/mol. The highest BCUT2D eigenvalue weighted by Gasteiger charge is 2.31. The van der Waals surface area contributed by atoms with E-state index in [1.54, 1.807) is 18.3 Å². The number of hydrogen-bond acceptors (Lipinski definition) is 8. The van der Waals surface area contributed by atoms with Crippen LogP contribution in [0.5, 0.6) is 0 Å². The van der Waals surface area contributed by atoms with E-state index in [0.717, 1.165) is 10.9 Å². The van der Waals surface area contributed by atoms with Crippen LogP contribution < -0.4 is 38.9 Å². The Hall–Kier alpha value is -4.70. The molecule has 0 fully saturated rings. The van der Waals surface area contributed by atoms with E-state index in [-0.39, 0.29) is 31.8 Å². The topological polar surface area (TPSA) is 294 Å². The van der Waals surface area contributed by atoms with E-state index in [1.165, 1.54) is 0 Å². The molecule has 40 heavy (non-hydrogen) atoms. The van der Waals surface area contributed by atoms with Crippen molar-refractivity contribution in [1.29, 1.82) is 0 Å². The molecule has 218 valence electrons. The van der Waals surface area contributed by atoms with Gasteiger partial charge >= 0.3 is 5.97 Å². The number of aliphatic imine (C=N–C) groups is 1. The van der Waals surface area contributed by atoms with E-state index in [4.69, 9.17) is 28.0 Å². The Balaban J connectivity index is 2.19. The van der Waals surface area contributed by atoms with Crippen LogP contribution in [0.1, 0.15) is 24.8 Å². The number of fused-ring (bicyclic) bond motifs is 1. The number of aromatic amines is 1. The predicted octanol–water partition coefficient (Wildman–Crippen LogP) is -3.50. The van der Waals surface area contributed by atoms with Gasteiger partial charge in [0, 0.05) is 30.1 Å². The van der Waals surface area contributed by atoms with Crippen molar-refractivity contribution in [2.45, 2.75) is 49.9 Å². The molecule has 0 spiro atoms. The number of nitrogens with two attached hydrogens (primary N) is 4. The van der Waals surface area contributed by atoms with Crippen LogP contribution >= 0.6 is 0 Å². The quantitative estimate of drug-likeness (QED) is 0.0547. The SMILES string of the molecule is NC(=O)CC(NC(=O)C(CCCN=C(N)N)NC(=O)C(N)CO)C(=O)NC(Cc1c[nH]c2ccccc12)C(=O)O. The van der Waals surface area contributed by atoms with Gasteiger partial charge in [-0.15, -0.1) is 0 Å². The number of carbonyl (C=O) groups excluding carboxylic acids is 4. The largest absolute Gasteiger partial charge is 0.480 e. The third kappa shape index (κ3) is 9.55.